The molecule has 0 bridgehead atoms. The minimum Gasteiger partial charge on any atom is -0.487 e. The molecule has 0 spiro atoms. The first kappa shape index (κ1) is 24.2. The molecule has 1 N–H and O–H groups in total. The second-order valence-corrected chi connectivity index (χ2v) is 11.3. The van der Waals surface area contributed by atoms with E-state index < -0.39 is 16.0 Å². The number of anilines is 1. The third-order valence-electron chi connectivity index (χ3n) is 6.62. The maximum Gasteiger partial charge on any atom is 0.328 e. The van der Waals surface area contributed by atoms with Crippen LogP contribution in [0.15, 0.2) is 64.1 Å². The van der Waals surface area contributed by atoms with E-state index in [2.05, 4.69) is 0 Å². The van der Waals surface area contributed by atoms with Crippen molar-refractivity contribution in [1.29, 1.82) is 0 Å². The van der Waals surface area contributed by atoms with E-state index in [4.69, 9.17) is 14.3 Å². The number of hydrogen-bond donors (Lipinski definition) is 1. The van der Waals surface area contributed by atoms with E-state index in [-0.39, 0.29) is 11.7 Å². The van der Waals surface area contributed by atoms with Crippen LogP contribution < -0.4 is 9.04 Å². The number of carboxylic acid groups (broad SMARTS) is 1. The minimum atomic E-state index is -3.90. The van der Waals surface area contributed by atoms with Gasteiger partial charge in [0.2, 0.25) is 5.09 Å². The van der Waals surface area contributed by atoms with Crippen molar-refractivity contribution in [2.75, 3.05) is 10.8 Å². The molecule has 0 aliphatic heterocycles. The fourth-order valence-electron chi connectivity index (χ4n) is 4.47. The number of ether oxygens (including phenoxy) is 1. The number of sulfonamides is 1. The van der Waals surface area contributed by atoms with Gasteiger partial charge in [-0.15, -0.1) is 0 Å². The van der Waals surface area contributed by atoms with Crippen LogP contribution in [0.5, 0.6) is 5.75 Å². The molecular formula is C28H29NO6S. The van der Waals surface area contributed by atoms with E-state index in [1.54, 1.807) is 13.0 Å². The molecule has 8 heteroatoms. The Balaban J connectivity index is 1.46. The predicted molar refractivity (Wildman–Crippen MR) is 137 cm³/mol. The van der Waals surface area contributed by atoms with Gasteiger partial charge in [-0.1, -0.05) is 24.3 Å². The fraction of sp³-hybridized carbons (Fsp3) is 0.321. The summed E-state index contributed by atoms with van der Waals surface area (Å²) in [6.07, 6.45) is 7.55. The summed E-state index contributed by atoms with van der Waals surface area (Å²) in [5, 5.41) is 8.75. The Morgan fingerprint density at radius 2 is 1.83 bits per heavy atom. The van der Waals surface area contributed by atoms with Crippen LogP contribution in [0.1, 0.15) is 47.3 Å². The highest BCUT2D eigenvalue weighted by atomic mass is 32.2. The standard InChI is InChI=1S/C28H29NO6S/c1-19-5-14-28(35-19)36(32,33)29(17-21-8-9-21)25-15-23-3-2-4-24(23)16-26(25)34-18-22-10-6-20(7-11-22)12-13-27(30)31/h5-7,10-16,21H,2-4,8-9,17-18H2,1H3,(H,30,31)/b13-12+. The third-order valence-corrected chi connectivity index (χ3v) is 8.27. The number of rotatable bonds is 10. The topological polar surface area (TPSA) is 97.0 Å². The molecule has 5 rings (SSSR count). The Bertz CT molecular complexity index is 1400. The zero-order valence-corrected chi connectivity index (χ0v) is 21.0. The summed E-state index contributed by atoms with van der Waals surface area (Å²) in [7, 11) is -3.90. The molecule has 0 atom stereocenters. The molecular weight excluding hydrogens is 478 g/mol. The molecule has 0 amide bonds. The Morgan fingerprint density at radius 1 is 1.11 bits per heavy atom. The van der Waals surface area contributed by atoms with Crippen molar-refractivity contribution in [3.05, 3.63) is 82.6 Å². The fourth-order valence-corrected chi connectivity index (χ4v) is 5.98. The number of nitrogens with zero attached hydrogens (tertiary/aromatic N) is 1. The highest BCUT2D eigenvalue weighted by molar-refractivity contribution is 7.92. The molecule has 36 heavy (non-hydrogen) atoms. The molecule has 0 radical (unpaired) electrons. The van der Waals surface area contributed by atoms with E-state index >= 15 is 0 Å². The van der Waals surface area contributed by atoms with Crippen molar-refractivity contribution in [2.24, 2.45) is 5.92 Å². The van der Waals surface area contributed by atoms with E-state index in [9.17, 15) is 13.2 Å². The van der Waals surface area contributed by atoms with Gasteiger partial charge in [0.25, 0.3) is 10.0 Å². The molecule has 2 aliphatic carbocycles. The van der Waals surface area contributed by atoms with Gasteiger partial charge in [0.15, 0.2) is 0 Å². The van der Waals surface area contributed by atoms with Crippen molar-refractivity contribution in [3.63, 3.8) is 0 Å². The number of carbonyl (C=O) groups is 1. The number of aliphatic carboxylic acids is 1. The number of carboxylic acids is 1. The summed E-state index contributed by atoms with van der Waals surface area (Å²) in [5.74, 6) is 0.412. The monoisotopic (exact) mass is 507 g/mol. The average molecular weight is 508 g/mol. The van der Waals surface area contributed by atoms with Crippen molar-refractivity contribution in [1.82, 2.24) is 0 Å². The van der Waals surface area contributed by atoms with E-state index in [1.807, 2.05) is 36.4 Å². The van der Waals surface area contributed by atoms with E-state index in [1.165, 1.54) is 27.6 Å². The van der Waals surface area contributed by atoms with Gasteiger partial charge < -0.3 is 14.3 Å². The van der Waals surface area contributed by atoms with Crippen LogP contribution in [0, 0.1) is 12.8 Å². The zero-order valence-electron chi connectivity index (χ0n) is 20.1. The number of hydrogen-bond acceptors (Lipinski definition) is 5. The van der Waals surface area contributed by atoms with Gasteiger partial charge >= 0.3 is 5.97 Å². The molecule has 3 aromatic rings. The number of furan rings is 1. The summed E-state index contributed by atoms with van der Waals surface area (Å²) >= 11 is 0. The molecule has 1 fully saturated rings. The lowest BCUT2D eigenvalue weighted by Crippen LogP contribution is -2.33. The lowest BCUT2D eigenvalue weighted by Gasteiger charge is -2.26. The molecule has 1 heterocycles. The van der Waals surface area contributed by atoms with Crippen molar-refractivity contribution >= 4 is 27.8 Å². The van der Waals surface area contributed by atoms with Crippen molar-refractivity contribution < 1.29 is 27.5 Å². The summed E-state index contributed by atoms with van der Waals surface area (Å²) in [6, 6.07) is 14.5. The molecule has 2 aliphatic rings. The summed E-state index contributed by atoms with van der Waals surface area (Å²) in [5.41, 5.74) is 4.58. The van der Waals surface area contributed by atoms with Crippen LogP contribution in [0.3, 0.4) is 0 Å². The van der Waals surface area contributed by atoms with Gasteiger partial charge in [0.1, 0.15) is 18.1 Å². The first-order chi connectivity index (χ1) is 17.3. The number of benzene rings is 2. The smallest absolute Gasteiger partial charge is 0.328 e. The predicted octanol–water partition coefficient (Wildman–Crippen LogP) is 5.36. The second-order valence-electron chi connectivity index (χ2n) is 9.49. The summed E-state index contributed by atoms with van der Waals surface area (Å²) in [6.45, 7) is 2.38. The normalized spacial score (nSPS) is 15.2. The molecule has 188 valence electrons. The zero-order chi connectivity index (χ0) is 25.3. The van der Waals surface area contributed by atoms with E-state index in [0.29, 0.717) is 29.7 Å². The average Bonchev–Trinajstić information content (AvgIpc) is 3.37. The van der Waals surface area contributed by atoms with Gasteiger partial charge in [-0.05, 0) is 97.5 Å². The maximum absolute atomic E-state index is 13.7. The number of aryl methyl sites for hydroxylation is 3. The Kier molecular flexibility index (Phi) is 6.62. The largest absolute Gasteiger partial charge is 0.487 e. The van der Waals surface area contributed by atoms with Gasteiger partial charge in [0.05, 0.1) is 5.69 Å². The second kappa shape index (κ2) is 9.85. The Hall–Kier alpha value is -3.52. The van der Waals surface area contributed by atoms with E-state index in [0.717, 1.165) is 49.3 Å². The van der Waals surface area contributed by atoms with Crippen LogP contribution in [0.4, 0.5) is 5.69 Å². The van der Waals surface area contributed by atoms with Crippen molar-refractivity contribution in [3.8, 4) is 5.75 Å². The molecule has 2 aromatic carbocycles. The Morgan fingerprint density at radius 3 is 2.47 bits per heavy atom. The molecule has 0 unspecified atom stereocenters. The quantitative estimate of drug-likeness (QED) is 0.371. The van der Waals surface area contributed by atoms with Gasteiger partial charge in [-0.3, -0.25) is 4.31 Å². The lowest BCUT2D eigenvalue weighted by molar-refractivity contribution is -0.131. The van der Waals surface area contributed by atoms with Crippen LogP contribution in [-0.2, 0) is 34.3 Å². The van der Waals surface area contributed by atoms with Gasteiger partial charge in [-0.2, -0.15) is 8.42 Å². The third kappa shape index (κ3) is 5.33. The lowest BCUT2D eigenvalue weighted by atomic mass is 10.1. The first-order valence-electron chi connectivity index (χ1n) is 12.2. The van der Waals surface area contributed by atoms with Gasteiger partial charge in [-0.25, -0.2) is 4.79 Å². The highest BCUT2D eigenvalue weighted by Gasteiger charge is 2.36. The highest BCUT2D eigenvalue weighted by Crippen LogP contribution is 2.41. The SMILES string of the molecule is Cc1ccc(S(=O)(=O)N(CC2CC2)c2cc3c(cc2OCc2ccc(/C=C/C(=O)O)cc2)CCC3)o1. The van der Waals surface area contributed by atoms with Crippen LogP contribution in [0.25, 0.3) is 6.08 Å². The number of fused-ring (bicyclic) bond motifs is 1. The molecule has 1 saturated carbocycles. The van der Waals surface area contributed by atoms with Crippen LogP contribution in [0.2, 0.25) is 0 Å². The first-order valence-corrected chi connectivity index (χ1v) is 13.6. The molecule has 1 aromatic heterocycles. The molecule has 0 saturated heterocycles. The Labute approximate surface area is 211 Å². The van der Waals surface area contributed by atoms with Crippen LogP contribution >= 0.6 is 0 Å². The van der Waals surface area contributed by atoms with Crippen LogP contribution in [-0.4, -0.2) is 26.0 Å². The summed E-state index contributed by atoms with van der Waals surface area (Å²) < 4.78 is 40.7. The molecule has 7 nitrogen and oxygen atoms in total. The van der Waals surface area contributed by atoms with Crippen molar-refractivity contribution in [2.45, 2.75) is 50.7 Å². The van der Waals surface area contributed by atoms with Gasteiger partial charge in [0, 0.05) is 12.6 Å². The maximum atomic E-state index is 13.7. The summed E-state index contributed by atoms with van der Waals surface area (Å²) in [4.78, 5) is 10.7. The minimum absolute atomic E-state index is 0.0582.